The van der Waals surface area contributed by atoms with E-state index in [-0.39, 0.29) is 5.82 Å². The number of aromatic nitrogens is 2. The van der Waals surface area contributed by atoms with Gasteiger partial charge in [0.15, 0.2) is 0 Å². The molecule has 1 fully saturated rings. The maximum absolute atomic E-state index is 13.4. The summed E-state index contributed by atoms with van der Waals surface area (Å²) in [6.45, 7) is 2.20. The van der Waals surface area contributed by atoms with E-state index in [9.17, 15) is 4.39 Å². The molecular formula is C21H21ClFN3. The molecule has 1 aromatic carbocycles. The summed E-state index contributed by atoms with van der Waals surface area (Å²) in [5.41, 5.74) is 5.13. The van der Waals surface area contributed by atoms with Crippen LogP contribution in [-0.2, 0) is 0 Å². The fraction of sp³-hybridized carbons (Fsp3) is 0.286. The minimum Gasteiger partial charge on any atom is -0.358 e. The summed E-state index contributed by atoms with van der Waals surface area (Å²) in [7, 11) is 2.16. The summed E-state index contributed by atoms with van der Waals surface area (Å²) in [4.78, 5) is 10.1. The average molecular weight is 370 g/mol. The van der Waals surface area contributed by atoms with Gasteiger partial charge < -0.3 is 9.88 Å². The SMILES string of the molecule is CN1CCC(c2cc(-c3ccncc3Cl)c(-c3ccc(F)cc3)[nH]2)CC1. The van der Waals surface area contributed by atoms with E-state index in [2.05, 4.69) is 28.0 Å². The lowest BCUT2D eigenvalue weighted by atomic mass is 9.93. The highest BCUT2D eigenvalue weighted by Gasteiger charge is 2.23. The van der Waals surface area contributed by atoms with Crippen LogP contribution < -0.4 is 0 Å². The van der Waals surface area contributed by atoms with Gasteiger partial charge in [-0.15, -0.1) is 0 Å². The van der Waals surface area contributed by atoms with Gasteiger partial charge in [0.25, 0.3) is 0 Å². The molecule has 0 spiro atoms. The van der Waals surface area contributed by atoms with Crippen LogP contribution in [-0.4, -0.2) is 35.0 Å². The third kappa shape index (κ3) is 3.39. The number of likely N-dealkylation sites (tertiary alicyclic amines) is 1. The van der Waals surface area contributed by atoms with Crippen LogP contribution in [0.2, 0.25) is 5.02 Å². The molecule has 0 saturated carbocycles. The summed E-state index contributed by atoms with van der Waals surface area (Å²) in [6.07, 6.45) is 5.66. The molecule has 26 heavy (non-hydrogen) atoms. The summed E-state index contributed by atoms with van der Waals surface area (Å²) in [5, 5.41) is 0.616. The fourth-order valence-corrected chi connectivity index (χ4v) is 3.89. The lowest BCUT2D eigenvalue weighted by Gasteiger charge is -2.28. The smallest absolute Gasteiger partial charge is 0.123 e. The molecule has 134 valence electrons. The quantitative estimate of drug-likeness (QED) is 0.675. The lowest BCUT2D eigenvalue weighted by Crippen LogP contribution is -2.29. The zero-order chi connectivity index (χ0) is 18.1. The van der Waals surface area contributed by atoms with E-state index in [0.29, 0.717) is 10.9 Å². The monoisotopic (exact) mass is 369 g/mol. The Balaban J connectivity index is 1.80. The Morgan fingerprint density at radius 1 is 1.12 bits per heavy atom. The van der Waals surface area contributed by atoms with Crippen LogP contribution in [0.15, 0.2) is 48.8 Å². The Hall–Kier alpha value is -2.17. The first-order valence-electron chi connectivity index (χ1n) is 8.89. The Kier molecular flexibility index (Phi) is 4.79. The molecule has 0 radical (unpaired) electrons. The second-order valence-corrected chi connectivity index (χ2v) is 7.36. The van der Waals surface area contributed by atoms with E-state index in [4.69, 9.17) is 11.6 Å². The number of nitrogens with one attached hydrogen (secondary N) is 1. The topological polar surface area (TPSA) is 31.9 Å². The first-order valence-corrected chi connectivity index (χ1v) is 9.27. The van der Waals surface area contributed by atoms with E-state index in [1.165, 1.54) is 17.8 Å². The molecule has 3 heterocycles. The van der Waals surface area contributed by atoms with Crippen molar-refractivity contribution in [3.63, 3.8) is 0 Å². The first kappa shape index (κ1) is 17.3. The van der Waals surface area contributed by atoms with Gasteiger partial charge in [0, 0.05) is 35.1 Å². The highest BCUT2D eigenvalue weighted by Crippen LogP contribution is 2.39. The van der Waals surface area contributed by atoms with Crippen molar-refractivity contribution in [2.75, 3.05) is 20.1 Å². The Labute approximate surface area is 157 Å². The van der Waals surface area contributed by atoms with E-state index in [1.54, 1.807) is 24.5 Å². The molecule has 0 bridgehead atoms. The van der Waals surface area contributed by atoms with Crippen LogP contribution in [0.25, 0.3) is 22.4 Å². The highest BCUT2D eigenvalue weighted by molar-refractivity contribution is 6.33. The molecule has 2 aromatic heterocycles. The molecule has 1 saturated heterocycles. The van der Waals surface area contributed by atoms with Crippen LogP contribution in [0.5, 0.6) is 0 Å². The molecule has 1 aliphatic heterocycles. The molecule has 0 amide bonds. The minimum absolute atomic E-state index is 0.237. The molecule has 3 nitrogen and oxygen atoms in total. The zero-order valence-electron chi connectivity index (χ0n) is 14.7. The van der Waals surface area contributed by atoms with Crippen molar-refractivity contribution in [3.8, 4) is 22.4 Å². The van der Waals surface area contributed by atoms with Crippen LogP contribution in [0, 0.1) is 5.82 Å². The summed E-state index contributed by atoms with van der Waals surface area (Å²) in [6, 6.07) is 10.7. The van der Waals surface area contributed by atoms with Crippen molar-refractivity contribution in [1.29, 1.82) is 0 Å². The van der Waals surface area contributed by atoms with Crippen LogP contribution in [0.4, 0.5) is 4.39 Å². The summed E-state index contributed by atoms with van der Waals surface area (Å²) < 4.78 is 13.4. The largest absolute Gasteiger partial charge is 0.358 e. The molecule has 3 aromatic rings. The number of nitrogens with zero attached hydrogens (tertiary/aromatic N) is 2. The predicted octanol–water partition coefficient (Wildman–Crippen LogP) is 5.35. The lowest BCUT2D eigenvalue weighted by molar-refractivity contribution is 0.253. The van der Waals surface area contributed by atoms with Crippen molar-refractivity contribution in [2.45, 2.75) is 18.8 Å². The van der Waals surface area contributed by atoms with Crippen molar-refractivity contribution in [3.05, 3.63) is 65.3 Å². The van der Waals surface area contributed by atoms with Crippen LogP contribution in [0.1, 0.15) is 24.5 Å². The van der Waals surface area contributed by atoms with Gasteiger partial charge in [-0.3, -0.25) is 4.98 Å². The number of hydrogen-bond donors (Lipinski definition) is 1. The van der Waals surface area contributed by atoms with Gasteiger partial charge in [-0.05, 0) is 74.9 Å². The van der Waals surface area contributed by atoms with Gasteiger partial charge >= 0.3 is 0 Å². The van der Waals surface area contributed by atoms with Gasteiger partial charge in [0.2, 0.25) is 0 Å². The second kappa shape index (κ2) is 7.22. The third-order valence-corrected chi connectivity index (χ3v) is 5.49. The number of hydrogen-bond acceptors (Lipinski definition) is 2. The van der Waals surface area contributed by atoms with Crippen molar-refractivity contribution in [2.24, 2.45) is 0 Å². The standard InChI is InChI=1S/C21H21ClFN3/c1-26-10-7-14(8-11-26)20-12-18(17-6-9-24-13-19(17)22)21(25-20)15-2-4-16(23)5-3-15/h2-6,9,12-14,25H,7-8,10-11H2,1H3. The average Bonchev–Trinajstić information content (AvgIpc) is 3.08. The molecular weight excluding hydrogens is 349 g/mol. The van der Waals surface area contributed by atoms with Crippen LogP contribution >= 0.6 is 11.6 Å². The van der Waals surface area contributed by atoms with Gasteiger partial charge in [-0.2, -0.15) is 0 Å². The molecule has 4 rings (SSSR count). The summed E-state index contributed by atoms with van der Waals surface area (Å²) >= 11 is 6.41. The highest BCUT2D eigenvalue weighted by atomic mass is 35.5. The maximum atomic E-state index is 13.4. The van der Waals surface area contributed by atoms with Gasteiger partial charge in [0.05, 0.1) is 10.7 Å². The van der Waals surface area contributed by atoms with Crippen molar-refractivity contribution < 1.29 is 4.39 Å². The normalized spacial score (nSPS) is 16.1. The number of pyridine rings is 1. The van der Waals surface area contributed by atoms with E-state index < -0.39 is 0 Å². The molecule has 0 atom stereocenters. The molecule has 1 aliphatic rings. The number of rotatable bonds is 3. The number of halogens is 2. The Morgan fingerprint density at radius 3 is 2.54 bits per heavy atom. The van der Waals surface area contributed by atoms with Gasteiger partial charge in [-0.25, -0.2) is 4.39 Å². The minimum atomic E-state index is -0.237. The molecule has 5 heteroatoms. The molecule has 0 unspecified atom stereocenters. The number of aromatic amines is 1. The van der Waals surface area contributed by atoms with E-state index in [0.717, 1.165) is 48.3 Å². The zero-order valence-corrected chi connectivity index (χ0v) is 15.4. The fourth-order valence-electron chi connectivity index (χ4n) is 3.67. The summed E-state index contributed by atoms with van der Waals surface area (Å²) in [5.74, 6) is 0.263. The van der Waals surface area contributed by atoms with Crippen LogP contribution in [0.3, 0.4) is 0 Å². The third-order valence-electron chi connectivity index (χ3n) is 5.19. The van der Waals surface area contributed by atoms with E-state index in [1.807, 2.05) is 6.07 Å². The predicted molar refractivity (Wildman–Crippen MR) is 104 cm³/mol. The van der Waals surface area contributed by atoms with Gasteiger partial charge in [-0.1, -0.05) is 11.6 Å². The Bertz CT molecular complexity index is 896. The number of piperidine rings is 1. The van der Waals surface area contributed by atoms with Crippen molar-refractivity contribution >= 4 is 11.6 Å². The molecule has 1 N–H and O–H groups in total. The Morgan fingerprint density at radius 2 is 1.85 bits per heavy atom. The maximum Gasteiger partial charge on any atom is 0.123 e. The van der Waals surface area contributed by atoms with Gasteiger partial charge in [0.1, 0.15) is 5.82 Å². The molecule has 0 aliphatic carbocycles. The number of H-pyrrole nitrogens is 1. The van der Waals surface area contributed by atoms with E-state index >= 15 is 0 Å². The number of benzene rings is 1. The second-order valence-electron chi connectivity index (χ2n) is 6.95. The van der Waals surface area contributed by atoms with Crippen molar-refractivity contribution in [1.82, 2.24) is 14.9 Å². The first-order chi connectivity index (χ1) is 12.6.